The summed E-state index contributed by atoms with van der Waals surface area (Å²) in [6.45, 7) is 8.34. The van der Waals surface area contributed by atoms with Crippen LogP contribution in [0.25, 0.3) is 0 Å². The van der Waals surface area contributed by atoms with E-state index in [9.17, 15) is 9.59 Å². The van der Waals surface area contributed by atoms with Crippen LogP contribution in [0.15, 0.2) is 18.2 Å². The van der Waals surface area contributed by atoms with Crippen LogP contribution in [0.4, 0.5) is 4.79 Å². The molecule has 2 amide bonds. The molecule has 1 aromatic carbocycles. The minimum atomic E-state index is -0.505. The number of rotatable bonds is 7. The van der Waals surface area contributed by atoms with E-state index in [1.54, 1.807) is 0 Å². The highest BCUT2D eigenvalue weighted by molar-refractivity contribution is 5.77. The molecule has 6 heteroatoms. The van der Waals surface area contributed by atoms with Crippen LogP contribution in [-0.2, 0) is 22.4 Å². The molecule has 150 valence electrons. The number of carbonyl (C=O) groups excluding carboxylic acids is 2. The second-order valence-corrected chi connectivity index (χ2v) is 8.01. The SMILES string of the molecule is CCCCNC(=O)COc1ccc2c(c1)CC(NC(=O)OC(C)(C)C)CC2. The molecule has 1 atom stereocenters. The highest BCUT2D eigenvalue weighted by Crippen LogP contribution is 2.26. The zero-order chi connectivity index (χ0) is 19.9. The summed E-state index contributed by atoms with van der Waals surface area (Å²) in [6, 6.07) is 5.96. The van der Waals surface area contributed by atoms with E-state index in [4.69, 9.17) is 9.47 Å². The van der Waals surface area contributed by atoms with E-state index < -0.39 is 5.60 Å². The first-order valence-corrected chi connectivity index (χ1v) is 9.77. The standard InChI is InChI=1S/C21H32N2O4/c1-5-6-11-22-19(24)14-26-18-10-8-15-7-9-17(12-16(15)13-18)23-20(25)27-21(2,3)4/h8,10,13,17H,5-7,9,11-12,14H2,1-4H3,(H,22,24)(H,23,25). The number of ether oxygens (including phenoxy) is 2. The first-order valence-electron chi connectivity index (χ1n) is 9.77. The van der Waals surface area contributed by atoms with Gasteiger partial charge in [0.1, 0.15) is 11.4 Å². The smallest absolute Gasteiger partial charge is 0.407 e. The number of unbranched alkanes of at least 4 members (excludes halogenated alkanes) is 1. The zero-order valence-corrected chi connectivity index (χ0v) is 16.9. The van der Waals surface area contributed by atoms with E-state index >= 15 is 0 Å². The fourth-order valence-corrected chi connectivity index (χ4v) is 3.03. The van der Waals surface area contributed by atoms with Crippen LogP contribution in [0.5, 0.6) is 5.75 Å². The third-order valence-corrected chi connectivity index (χ3v) is 4.35. The van der Waals surface area contributed by atoms with E-state index in [-0.39, 0.29) is 24.6 Å². The Kier molecular flexibility index (Phi) is 7.51. The Morgan fingerprint density at radius 2 is 2.00 bits per heavy atom. The fraction of sp³-hybridized carbons (Fsp3) is 0.619. The van der Waals surface area contributed by atoms with Crippen LogP contribution in [0.3, 0.4) is 0 Å². The van der Waals surface area contributed by atoms with E-state index in [1.165, 1.54) is 5.56 Å². The van der Waals surface area contributed by atoms with E-state index in [0.717, 1.165) is 37.7 Å². The normalized spacial score (nSPS) is 16.2. The Morgan fingerprint density at radius 1 is 1.22 bits per heavy atom. The van der Waals surface area contributed by atoms with Gasteiger partial charge in [-0.15, -0.1) is 0 Å². The summed E-state index contributed by atoms with van der Waals surface area (Å²) in [5.74, 6) is 0.572. The third kappa shape index (κ3) is 7.49. The highest BCUT2D eigenvalue weighted by atomic mass is 16.6. The maximum atomic E-state index is 12.0. The van der Waals surface area contributed by atoms with Crippen molar-refractivity contribution in [2.45, 2.75) is 71.4 Å². The number of nitrogens with one attached hydrogen (secondary N) is 2. The van der Waals surface area contributed by atoms with Crippen molar-refractivity contribution in [3.8, 4) is 5.75 Å². The van der Waals surface area contributed by atoms with Crippen molar-refractivity contribution < 1.29 is 19.1 Å². The summed E-state index contributed by atoms with van der Waals surface area (Å²) in [5.41, 5.74) is 1.90. The van der Waals surface area contributed by atoms with Gasteiger partial charge >= 0.3 is 6.09 Å². The molecule has 0 saturated heterocycles. The van der Waals surface area contributed by atoms with Crippen LogP contribution in [-0.4, -0.2) is 36.8 Å². The molecular weight excluding hydrogens is 344 g/mol. The lowest BCUT2D eigenvalue weighted by Crippen LogP contribution is -2.41. The van der Waals surface area contributed by atoms with Gasteiger partial charge in [0.05, 0.1) is 0 Å². The number of fused-ring (bicyclic) bond motifs is 1. The molecule has 0 aromatic heterocycles. The van der Waals surface area contributed by atoms with Gasteiger partial charge in [0.25, 0.3) is 5.91 Å². The molecule has 1 unspecified atom stereocenters. The molecule has 1 aromatic rings. The topological polar surface area (TPSA) is 76.7 Å². The third-order valence-electron chi connectivity index (χ3n) is 4.35. The van der Waals surface area contributed by atoms with Crippen molar-refractivity contribution in [3.63, 3.8) is 0 Å². The van der Waals surface area contributed by atoms with Crippen molar-refractivity contribution in [2.75, 3.05) is 13.2 Å². The lowest BCUT2D eigenvalue weighted by atomic mass is 9.88. The predicted molar refractivity (Wildman–Crippen MR) is 105 cm³/mol. The van der Waals surface area contributed by atoms with Crippen LogP contribution >= 0.6 is 0 Å². The Hall–Kier alpha value is -2.24. The molecule has 6 nitrogen and oxygen atoms in total. The molecule has 27 heavy (non-hydrogen) atoms. The highest BCUT2D eigenvalue weighted by Gasteiger charge is 2.23. The predicted octanol–water partition coefficient (Wildman–Crippen LogP) is 3.36. The maximum absolute atomic E-state index is 12.0. The molecule has 1 aliphatic rings. The summed E-state index contributed by atoms with van der Waals surface area (Å²) >= 11 is 0. The average molecular weight is 376 g/mol. The molecule has 2 rings (SSSR count). The quantitative estimate of drug-likeness (QED) is 0.716. The Morgan fingerprint density at radius 3 is 2.70 bits per heavy atom. The molecule has 1 aliphatic carbocycles. The largest absolute Gasteiger partial charge is 0.484 e. The molecule has 0 spiro atoms. The van der Waals surface area contributed by atoms with Gasteiger partial charge in [-0.05, 0) is 69.7 Å². The summed E-state index contributed by atoms with van der Waals surface area (Å²) in [4.78, 5) is 23.8. The van der Waals surface area contributed by atoms with E-state index in [1.807, 2.05) is 39.0 Å². The Bertz CT molecular complexity index is 652. The summed E-state index contributed by atoms with van der Waals surface area (Å²) < 4.78 is 11.0. The summed E-state index contributed by atoms with van der Waals surface area (Å²) in [6.07, 6.45) is 4.14. The van der Waals surface area contributed by atoms with Gasteiger partial charge in [-0.1, -0.05) is 19.4 Å². The van der Waals surface area contributed by atoms with Crippen LogP contribution in [0, 0.1) is 0 Å². The second-order valence-electron chi connectivity index (χ2n) is 8.01. The molecule has 0 aliphatic heterocycles. The number of amides is 2. The maximum Gasteiger partial charge on any atom is 0.407 e. The van der Waals surface area contributed by atoms with Crippen LogP contribution in [0.2, 0.25) is 0 Å². The van der Waals surface area contributed by atoms with Crippen molar-refractivity contribution in [1.29, 1.82) is 0 Å². The number of hydrogen-bond donors (Lipinski definition) is 2. The Labute approximate surface area is 162 Å². The number of alkyl carbamates (subject to hydrolysis) is 1. The van der Waals surface area contributed by atoms with Crippen molar-refractivity contribution in [3.05, 3.63) is 29.3 Å². The van der Waals surface area contributed by atoms with E-state index in [0.29, 0.717) is 12.3 Å². The van der Waals surface area contributed by atoms with Crippen molar-refractivity contribution in [1.82, 2.24) is 10.6 Å². The molecule has 0 radical (unpaired) electrons. The average Bonchev–Trinajstić information content (AvgIpc) is 2.58. The lowest BCUT2D eigenvalue weighted by molar-refractivity contribution is -0.123. The minimum Gasteiger partial charge on any atom is -0.484 e. The van der Waals surface area contributed by atoms with Gasteiger partial charge in [0.15, 0.2) is 6.61 Å². The minimum absolute atomic E-state index is 0.0160. The Balaban J connectivity index is 1.87. The van der Waals surface area contributed by atoms with Crippen molar-refractivity contribution in [2.24, 2.45) is 0 Å². The van der Waals surface area contributed by atoms with Gasteiger partial charge in [0, 0.05) is 12.6 Å². The van der Waals surface area contributed by atoms with Gasteiger partial charge < -0.3 is 20.1 Å². The van der Waals surface area contributed by atoms with Gasteiger partial charge in [-0.25, -0.2) is 4.79 Å². The van der Waals surface area contributed by atoms with Crippen LogP contribution < -0.4 is 15.4 Å². The molecule has 0 fully saturated rings. The first kappa shape index (κ1) is 21.1. The lowest BCUT2D eigenvalue weighted by Gasteiger charge is -2.27. The van der Waals surface area contributed by atoms with Crippen molar-refractivity contribution >= 4 is 12.0 Å². The number of carbonyl (C=O) groups is 2. The van der Waals surface area contributed by atoms with E-state index in [2.05, 4.69) is 17.6 Å². The van der Waals surface area contributed by atoms with Crippen LogP contribution in [0.1, 0.15) is 58.1 Å². The number of aryl methyl sites for hydroxylation is 1. The van der Waals surface area contributed by atoms with Gasteiger partial charge in [-0.2, -0.15) is 0 Å². The molecule has 0 saturated carbocycles. The van der Waals surface area contributed by atoms with Gasteiger partial charge in [0.2, 0.25) is 0 Å². The number of hydrogen-bond acceptors (Lipinski definition) is 4. The molecule has 0 bridgehead atoms. The molecule has 2 N–H and O–H groups in total. The number of benzene rings is 1. The first-order chi connectivity index (χ1) is 12.8. The van der Waals surface area contributed by atoms with Gasteiger partial charge in [-0.3, -0.25) is 4.79 Å². The zero-order valence-electron chi connectivity index (χ0n) is 16.9. The fourth-order valence-electron chi connectivity index (χ4n) is 3.03. The second kappa shape index (κ2) is 9.62. The summed E-state index contributed by atoms with van der Waals surface area (Å²) in [5, 5.41) is 5.79. The summed E-state index contributed by atoms with van der Waals surface area (Å²) in [7, 11) is 0. The molecule has 0 heterocycles. The monoisotopic (exact) mass is 376 g/mol. The molecular formula is C21H32N2O4.